The largest absolute Gasteiger partial charge is 0.324 e. The molecule has 120 valence electrons. The lowest BCUT2D eigenvalue weighted by atomic mass is 10.2. The smallest absolute Gasteiger partial charge is 0.271 e. The summed E-state index contributed by atoms with van der Waals surface area (Å²) in [5.74, 6) is -0.266. The van der Waals surface area contributed by atoms with Gasteiger partial charge in [0.25, 0.3) is 5.69 Å². The van der Waals surface area contributed by atoms with E-state index in [1.54, 1.807) is 6.92 Å². The molecule has 1 N–H and O–H groups in total. The van der Waals surface area contributed by atoms with E-state index >= 15 is 0 Å². The molecule has 0 aliphatic rings. The Morgan fingerprint density at radius 2 is 1.91 bits per heavy atom. The molecule has 0 saturated heterocycles. The SMILES string of the molecule is Cc1ccc(S[C@H](C)C(=O)Nc2cc([N+](=O)[O-])ccc2Cl)cc1. The van der Waals surface area contributed by atoms with Crippen LogP contribution in [0, 0.1) is 17.0 Å². The van der Waals surface area contributed by atoms with Crippen molar-refractivity contribution in [2.75, 3.05) is 5.32 Å². The number of aryl methyl sites for hydroxylation is 1. The molecule has 0 aliphatic carbocycles. The Bertz CT molecular complexity index is 735. The summed E-state index contributed by atoms with van der Waals surface area (Å²) in [5.41, 5.74) is 1.26. The molecule has 0 radical (unpaired) electrons. The van der Waals surface area contributed by atoms with Crippen LogP contribution in [0.5, 0.6) is 0 Å². The van der Waals surface area contributed by atoms with Gasteiger partial charge >= 0.3 is 0 Å². The molecule has 2 aromatic rings. The number of nitro benzene ring substituents is 1. The summed E-state index contributed by atoms with van der Waals surface area (Å²) in [7, 11) is 0. The second-order valence-corrected chi connectivity index (χ2v) is 6.81. The molecule has 1 atom stereocenters. The van der Waals surface area contributed by atoms with E-state index in [0.717, 1.165) is 10.5 Å². The van der Waals surface area contributed by atoms with Crippen molar-refractivity contribution >= 4 is 40.6 Å². The maximum absolute atomic E-state index is 12.3. The summed E-state index contributed by atoms with van der Waals surface area (Å²) >= 11 is 7.39. The summed E-state index contributed by atoms with van der Waals surface area (Å²) in [4.78, 5) is 23.5. The summed E-state index contributed by atoms with van der Waals surface area (Å²) in [6.45, 7) is 3.76. The monoisotopic (exact) mass is 350 g/mol. The van der Waals surface area contributed by atoms with Crippen LogP contribution >= 0.6 is 23.4 Å². The van der Waals surface area contributed by atoms with E-state index in [4.69, 9.17) is 11.6 Å². The van der Waals surface area contributed by atoms with E-state index in [1.807, 2.05) is 31.2 Å². The standard InChI is InChI=1S/C16H15ClN2O3S/c1-10-3-6-13(7-4-10)23-11(2)16(20)18-15-9-12(19(21)22)5-8-14(15)17/h3-9,11H,1-2H3,(H,18,20)/t11-/m1/s1. The zero-order valence-corrected chi connectivity index (χ0v) is 14.1. The van der Waals surface area contributed by atoms with Crippen LogP contribution in [-0.2, 0) is 4.79 Å². The number of rotatable bonds is 5. The number of carbonyl (C=O) groups is 1. The maximum Gasteiger partial charge on any atom is 0.271 e. The highest BCUT2D eigenvalue weighted by Crippen LogP contribution is 2.29. The third-order valence-electron chi connectivity index (χ3n) is 3.12. The minimum Gasteiger partial charge on any atom is -0.324 e. The Labute approximate surface area is 143 Å². The van der Waals surface area contributed by atoms with Crippen LogP contribution in [0.25, 0.3) is 0 Å². The van der Waals surface area contributed by atoms with Gasteiger partial charge in [-0.05, 0) is 32.0 Å². The van der Waals surface area contributed by atoms with Crippen LogP contribution in [-0.4, -0.2) is 16.1 Å². The van der Waals surface area contributed by atoms with Crippen molar-refractivity contribution in [3.8, 4) is 0 Å². The van der Waals surface area contributed by atoms with Crippen LogP contribution in [0.2, 0.25) is 5.02 Å². The Morgan fingerprint density at radius 1 is 1.26 bits per heavy atom. The fourth-order valence-electron chi connectivity index (χ4n) is 1.83. The maximum atomic E-state index is 12.3. The number of nitro groups is 1. The van der Waals surface area contributed by atoms with Crippen molar-refractivity contribution in [3.63, 3.8) is 0 Å². The molecular weight excluding hydrogens is 336 g/mol. The zero-order chi connectivity index (χ0) is 17.0. The van der Waals surface area contributed by atoms with E-state index < -0.39 is 4.92 Å². The number of carbonyl (C=O) groups excluding carboxylic acids is 1. The molecule has 7 heteroatoms. The fourth-order valence-corrected chi connectivity index (χ4v) is 2.86. The molecule has 0 fully saturated rings. The van der Waals surface area contributed by atoms with Crippen LogP contribution in [0.3, 0.4) is 0 Å². The van der Waals surface area contributed by atoms with Crippen LogP contribution in [0.4, 0.5) is 11.4 Å². The predicted molar refractivity (Wildman–Crippen MR) is 93.2 cm³/mol. The lowest BCUT2D eigenvalue weighted by molar-refractivity contribution is -0.384. The molecule has 5 nitrogen and oxygen atoms in total. The van der Waals surface area contributed by atoms with Gasteiger partial charge in [-0.2, -0.15) is 0 Å². The summed E-state index contributed by atoms with van der Waals surface area (Å²) < 4.78 is 0. The number of nitrogens with zero attached hydrogens (tertiary/aromatic N) is 1. The zero-order valence-electron chi connectivity index (χ0n) is 12.6. The number of non-ortho nitro benzene ring substituents is 1. The van der Waals surface area contributed by atoms with Crippen molar-refractivity contribution in [1.29, 1.82) is 0 Å². The first kappa shape index (κ1) is 17.3. The summed E-state index contributed by atoms with van der Waals surface area (Å²) in [6, 6.07) is 11.8. The van der Waals surface area contributed by atoms with Gasteiger partial charge in [0.15, 0.2) is 0 Å². The van der Waals surface area contributed by atoms with Crippen LogP contribution in [0.1, 0.15) is 12.5 Å². The first-order chi connectivity index (χ1) is 10.9. The number of amides is 1. The highest BCUT2D eigenvalue weighted by atomic mass is 35.5. The number of benzene rings is 2. The molecule has 2 rings (SSSR count). The molecule has 0 spiro atoms. The van der Waals surface area contributed by atoms with Gasteiger partial charge in [-0.3, -0.25) is 14.9 Å². The van der Waals surface area contributed by atoms with Gasteiger partial charge in [0.1, 0.15) is 0 Å². The fraction of sp³-hybridized carbons (Fsp3) is 0.188. The van der Waals surface area contributed by atoms with Crippen molar-refractivity contribution < 1.29 is 9.72 Å². The lowest BCUT2D eigenvalue weighted by Crippen LogP contribution is -2.22. The molecule has 0 aromatic heterocycles. The first-order valence-electron chi connectivity index (χ1n) is 6.85. The average molecular weight is 351 g/mol. The molecule has 23 heavy (non-hydrogen) atoms. The van der Waals surface area contributed by atoms with Gasteiger partial charge in [-0.15, -0.1) is 11.8 Å². The molecule has 2 aromatic carbocycles. The number of hydrogen-bond donors (Lipinski definition) is 1. The average Bonchev–Trinajstić information content (AvgIpc) is 2.51. The molecular formula is C16H15ClN2O3S. The van der Waals surface area contributed by atoms with Gasteiger partial charge in [-0.1, -0.05) is 29.3 Å². The van der Waals surface area contributed by atoms with Gasteiger partial charge in [0.05, 0.1) is 20.9 Å². The number of halogens is 1. The van der Waals surface area contributed by atoms with Gasteiger partial charge in [0, 0.05) is 17.0 Å². The van der Waals surface area contributed by atoms with E-state index in [2.05, 4.69) is 5.32 Å². The Kier molecular flexibility index (Phi) is 5.63. The molecule has 0 saturated carbocycles. The number of thioether (sulfide) groups is 1. The van der Waals surface area contributed by atoms with Gasteiger partial charge in [0.2, 0.25) is 5.91 Å². The Morgan fingerprint density at radius 3 is 2.52 bits per heavy atom. The van der Waals surface area contributed by atoms with E-state index in [9.17, 15) is 14.9 Å². The third kappa shape index (κ3) is 4.71. The van der Waals surface area contributed by atoms with Gasteiger partial charge in [-0.25, -0.2) is 0 Å². The summed E-state index contributed by atoms with van der Waals surface area (Å²) in [5, 5.41) is 13.3. The molecule has 1 amide bonds. The van der Waals surface area contributed by atoms with Crippen molar-refractivity contribution in [1.82, 2.24) is 0 Å². The quantitative estimate of drug-likeness (QED) is 0.483. The highest BCUT2D eigenvalue weighted by molar-refractivity contribution is 8.00. The lowest BCUT2D eigenvalue weighted by Gasteiger charge is -2.13. The molecule has 0 bridgehead atoms. The van der Waals surface area contributed by atoms with Crippen molar-refractivity contribution in [3.05, 3.63) is 63.2 Å². The predicted octanol–water partition coefficient (Wildman–Crippen LogP) is 4.68. The number of hydrogen-bond acceptors (Lipinski definition) is 4. The Hall–Kier alpha value is -2.05. The normalized spacial score (nSPS) is 11.8. The van der Waals surface area contributed by atoms with E-state index in [-0.39, 0.29) is 27.6 Å². The Balaban J connectivity index is 2.07. The topological polar surface area (TPSA) is 72.2 Å². The minimum atomic E-state index is -0.531. The first-order valence-corrected chi connectivity index (χ1v) is 8.10. The molecule has 0 aliphatic heterocycles. The van der Waals surface area contributed by atoms with Crippen LogP contribution < -0.4 is 5.32 Å². The van der Waals surface area contributed by atoms with Gasteiger partial charge < -0.3 is 5.32 Å². The van der Waals surface area contributed by atoms with E-state index in [0.29, 0.717) is 0 Å². The molecule has 0 heterocycles. The second-order valence-electron chi connectivity index (χ2n) is 4.98. The summed E-state index contributed by atoms with van der Waals surface area (Å²) in [6.07, 6.45) is 0. The number of anilines is 1. The second kappa shape index (κ2) is 7.48. The molecule has 0 unspecified atom stereocenters. The highest BCUT2D eigenvalue weighted by Gasteiger charge is 2.17. The van der Waals surface area contributed by atoms with Crippen molar-refractivity contribution in [2.45, 2.75) is 24.0 Å². The van der Waals surface area contributed by atoms with Crippen LogP contribution in [0.15, 0.2) is 47.4 Å². The minimum absolute atomic E-state index is 0.122. The number of nitrogens with one attached hydrogen (secondary N) is 1. The third-order valence-corrected chi connectivity index (χ3v) is 4.56. The van der Waals surface area contributed by atoms with Crippen molar-refractivity contribution in [2.24, 2.45) is 0 Å². The van der Waals surface area contributed by atoms with E-state index in [1.165, 1.54) is 30.0 Å².